The van der Waals surface area contributed by atoms with Crippen LogP contribution in [0.4, 0.5) is 5.82 Å². The van der Waals surface area contributed by atoms with Crippen LogP contribution in [0.2, 0.25) is 0 Å². The molecule has 1 aliphatic rings. The maximum atomic E-state index is 5.86. The van der Waals surface area contributed by atoms with Crippen molar-refractivity contribution in [1.29, 1.82) is 0 Å². The molecule has 0 amide bonds. The smallest absolute Gasteiger partial charge is 0.140 e. The highest BCUT2D eigenvalue weighted by Gasteiger charge is 2.26. The van der Waals surface area contributed by atoms with Crippen molar-refractivity contribution < 1.29 is 0 Å². The molecule has 0 saturated heterocycles. The van der Waals surface area contributed by atoms with Crippen molar-refractivity contribution in [3.8, 4) is 0 Å². The van der Waals surface area contributed by atoms with Crippen LogP contribution >= 0.6 is 11.6 Å². The number of fused-ring (bicyclic) bond motifs is 1. The molecule has 1 saturated carbocycles. The monoisotopic (exact) mass is 275 g/mol. The first-order valence-electron chi connectivity index (χ1n) is 6.92. The van der Waals surface area contributed by atoms with Crippen molar-refractivity contribution in [3.05, 3.63) is 30.6 Å². The van der Waals surface area contributed by atoms with Crippen molar-refractivity contribution in [1.82, 2.24) is 9.97 Å². The number of rotatable bonds is 5. The largest absolute Gasteiger partial charge is 0.353 e. The number of aromatic nitrogens is 2. The third-order valence-corrected chi connectivity index (χ3v) is 4.11. The fourth-order valence-corrected chi connectivity index (χ4v) is 2.73. The van der Waals surface area contributed by atoms with E-state index in [-0.39, 0.29) is 0 Å². The van der Waals surface area contributed by atoms with Crippen LogP contribution in [-0.4, -0.2) is 28.4 Å². The maximum absolute atomic E-state index is 5.86. The Hall–Kier alpha value is -1.35. The number of benzene rings is 1. The predicted octanol–water partition coefficient (Wildman–Crippen LogP) is 3.62. The number of hydrogen-bond donors (Lipinski definition) is 0. The second-order valence-electron chi connectivity index (χ2n) is 5.04. The van der Waals surface area contributed by atoms with E-state index in [0.29, 0.717) is 11.9 Å². The molecule has 1 heterocycles. The average molecular weight is 276 g/mol. The highest BCUT2D eigenvalue weighted by molar-refractivity contribution is 6.17. The summed E-state index contributed by atoms with van der Waals surface area (Å²) in [5.41, 5.74) is 1.02. The van der Waals surface area contributed by atoms with E-state index in [1.54, 1.807) is 6.33 Å². The molecule has 0 radical (unpaired) electrons. The normalized spacial score (nSPS) is 15.4. The van der Waals surface area contributed by atoms with Crippen molar-refractivity contribution >= 4 is 28.3 Å². The summed E-state index contributed by atoms with van der Waals surface area (Å²) in [6.07, 6.45) is 6.52. The lowest BCUT2D eigenvalue weighted by Gasteiger charge is -2.38. The van der Waals surface area contributed by atoms with Crippen LogP contribution in [-0.2, 0) is 0 Å². The van der Waals surface area contributed by atoms with Crippen LogP contribution in [0.5, 0.6) is 0 Å². The third-order valence-electron chi connectivity index (χ3n) is 3.84. The predicted molar refractivity (Wildman–Crippen MR) is 79.9 cm³/mol. The number of anilines is 1. The molecule has 4 heteroatoms. The number of halogens is 1. The van der Waals surface area contributed by atoms with E-state index in [0.717, 1.165) is 29.7 Å². The Kier molecular flexibility index (Phi) is 3.83. The lowest BCUT2D eigenvalue weighted by molar-refractivity contribution is 0.384. The Labute approximate surface area is 118 Å². The minimum Gasteiger partial charge on any atom is -0.353 e. The first-order valence-corrected chi connectivity index (χ1v) is 7.46. The van der Waals surface area contributed by atoms with E-state index in [1.165, 1.54) is 19.3 Å². The van der Waals surface area contributed by atoms with Gasteiger partial charge in [-0.05, 0) is 37.8 Å². The third kappa shape index (κ3) is 2.52. The summed E-state index contributed by atoms with van der Waals surface area (Å²) in [5.74, 6) is 1.77. The van der Waals surface area contributed by atoms with Gasteiger partial charge < -0.3 is 4.90 Å². The number of nitrogens with zero attached hydrogens (tertiary/aromatic N) is 3. The van der Waals surface area contributed by atoms with Crippen molar-refractivity contribution in [3.63, 3.8) is 0 Å². The Bertz CT molecular complexity index is 549. The van der Waals surface area contributed by atoms with Gasteiger partial charge in [-0.2, -0.15) is 0 Å². The van der Waals surface area contributed by atoms with Gasteiger partial charge in [-0.15, -0.1) is 11.6 Å². The van der Waals surface area contributed by atoms with E-state index < -0.39 is 0 Å². The SMILES string of the molecule is ClCCCN(c1ncnc2ccccc12)C1CCC1. The zero-order valence-electron chi connectivity index (χ0n) is 10.9. The molecule has 0 unspecified atom stereocenters. The summed E-state index contributed by atoms with van der Waals surface area (Å²) in [5, 5.41) is 1.14. The van der Waals surface area contributed by atoms with Gasteiger partial charge >= 0.3 is 0 Å². The van der Waals surface area contributed by atoms with Gasteiger partial charge in [-0.3, -0.25) is 0 Å². The molecular weight excluding hydrogens is 258 g/mol. The summed E-state index contributed by atoms with van der Waals surface area (Å²) in [7, 11) is 0. The molecule has 0 N–H and O–H groups in total. The summed E-state index contributed by atoms with van der Waals surface area (Å²) in [6.45, 7) is 0.981. The van der Waals surface area contributed by atoms with E-state index in [2.05, 4.69) is 27.0 Å². The van der Waals surface area contributed by atoms with Gasteiger partial charge in [-0.25, -0.2) is 9.97 Å². The van der Waals surface area contributed by atoms with E-state index >= 15 is 0 Å². The van der Waals surface area contributed by atoms with Crippen molar-refractivity contribution in [2.75, 3.05) is 17.3 Å². The van der Waals surface area contributed by atoms with Crippen LogP contribution in [0.3, 0.4) is 0 Å². The Morgan fingerprint density at radius 3 is 2.79 bits per heavy atom. The zero-order valence-corrected chi connectivity index (χ0v) is 11.7. The van der Waals surface area contributed by atoms with Crippen molar-refractivity contribution in [2.24, 2.45) is 0 Å². The topological polar surface area (TPSA) is 29.0 Å². The van der Waals surface area contributed by atoms with E-state index in [9.17, 15) is 0 Å². The number of para-hydroxylation sites is 1. The Morgan fingerprint density at radius 2 is 2.05 bits per heavy atom. The standard InChI is InChI=1S/C15H18ClN3/c16-9-4-10-19(12-5-3-6-12)15-13-7-1-2-8-14(13)17-11-18-15/h1-2,7-8,11-12H,3-6,9-10H2. The number of alkyl halides is 1. The molecule has 1 aliphatic carbocycles. The average Bonchev–Trinajstić information content (AvgIpc) is 2.41. The van der Waals surface area contributed by atoms with Gasteiger partial charge in [-0.1, -0.05) is 12.1 Å². The van der Waals surface area contributed by atoms with Crippen LogP contribution in [0, 0.1) is 0 Å². The van der Waals surface area contributed by atoms with E-state index in [1.807, 2.05) is 12.1 Å². The van der Waals surface area contributed by atoms with Gasteiger partial charge in [0.15, 0.2) is 0 Å². The molecule has 1 aromatic carbocycles. The van der Waals surface area contributed by atoms with Crippen LogP contribution in [0.15, 0.2) is 30.6 Å². The van der Waals surface area contributed by atoms with Gasteiger partial charge in [0.25, 0.3) is 0 Å². The Morgan fingerprint density at radius 1 is 1.21 bits per heavy atom. The highest BCUT2D eigenvalue weighted by Crippen LogP contribution is 2.32. The fraction of sp³-hybridized carbons (Fsp3) is 0.467. The Balaban J connectivity index is 1.98. The molecular formula is C15H18ClN3. The molecule has 19 heavy (non-hydrogen) atoms. The van der Waals surface area contributed by atoms with Crippen LogP contribution < -0.4 is 4.90 Å². The molecule has 0 bridgehead atoms. The highest BCUT2D eigenvalue weighted by atomic mass is 35.5. The molecule has 0 atom stereocenters. The summed E-state index contributed by atoms with van der Waals surface area (Å²) in [4.78, 5) is 11.3. The summed E-state index contributed by atoms with van der Waals surface area (Å²) >= 11 is 5.86. The van der Waals surface area contributed by atoms with Gasteiger partial charge in [0.05, 0.1) is 5.52 Å². The minimum atomic E-state index is 0.626. The second kappa shape index (κ2) is 5.74. The number of hydrogen-bond acceptors (Lipinski definition) is 3. The van der Waals surface area contributed by atoms with Crippen molar-refractivity contribution in [2.45, 2.75) is 31.7 Å². The minimum absolute atomic E-state index is 0.626. The first-order chi connectivity index (χ1) is 9.40. The lowest BCUT2D eigenvalue weighted by atomic mass is 9.91. The van der Waals surface area contributed by atoms with Gasteiger partial charge in [0.1, 0.15) is 12.1 Å². The quantitative estimate of drug-likeness (QED) is 0.781. The molecule has 2 aromatic rings. The fourth-order valence-electron chi connectivity index (χ4n) is 2.61. The van der Waals surface area contributed by atoms with E-state index in [4.69, 9.17) is 11.6 Å². The second-order valence-corrected chi connectivity index (χ2v) is 5.41. The molecule has 100 valence electrons. The summed E-state index contributed by atoms with van der Waals surface area (Å²) < 4.78 is 0. The summed E-state index contributed by atoms with van der Waals surface area (Å²) in [6, 6.07) is 8.85. The maximum Gasteiger partial charge on any atom is 0.140 e. The molecule has 0 spiro atoms. The molecule has 0 aliphatic heterocycles. The first kappa shape index (κ1) is 12.7. The lowest BCUT2D eigenvalue weighted by Crippen LogP contribution is -2.41. The van der Waals surface area contributed by atoms with Gasteiger partial charge in [0, 0.05) is 23.9 Å². The van der Waals surface area contributed by atoms with Crippen LogP contribution in [0.1, 0.15) is 25.7 Å². The molecule has 1 fully saturated rings. The molecule has 3 nitrogen and oxygen atoms in total. The van der Waals surface area contributed by atoms with Crippen LogP contribution in [0.25, 0.3) is 10.9 Å². The van der Waals surface area contributed by atoms with Gasteiger partial charge in [0.2, 0.25) is 0 Å². The molecule has 3 rings (SSSR count). The zero-order chi connectivity index (χ0) is 13.1. The molecule has 1 aromatic heterocycles.